The van der Waals surface area contributed by atoms with E-state index in [1.165, 1.54) is 0 Å². The Morgan fingerprint density at radius 3 is 2.30 bits per heavy atom. The summed E-state index contributed by atoms with van der Waals surface area (Å²) in [7, 11) is 3.29. The maximum Gasteiger partial charge on any atom is 0.184 e. The number of nitrogens with one attached hydrogen (secondary N) is 1. The van der Waals surface area contributed by atoms with Gasteiger partial charge in [-0.15, -0.1) is 0 Å². The van der Waals surface area contributed by atoms with Crippen molar-refractivity contribution in [3.63, 3.8) is 0 Å². The first-order chi connectivity index (χ1) is 9.65. The number of carbonyl (C=O) groups excluding carboxylic acids is 1. The topological polar surface area (TPSA) is 63.0 Å². The minimum absolute atomic E-state index is 0.0199. The van der Waals surface area contributed by atoms with Crippen LogP contribution in [-0.4, -0.2) is 31.4 Å². The molecular formula is C15H21N3O2. The van der Waals surface area contributed by atoms with E-state index in [-0.39, 0.29) is 5.78 Å². The Kier molecular flexibility index (Phi) is 6.43. The number of nitrogens with zero attached hydrogens (tertiary/aromatic N) is 2. The fourth-order valence-electron chi connectivity index (χ4n) is 1.67. The van der Waals surface area contributed by atoms with Gasteiger partial charge >= 0.3 is 0 Å². The molecule has 1 aromatic carbocycles. The van der Waals surface area contributed by atoms with Gasteiger partial charge in [0.1, 0.15) is 11.5 Å². The molecule has 5 nitrogen and oxygen atoms in total. The van der Waals surface area contributed by atoms with Crippen molar-refractivity contribution in [3.05, 3.63) is 24.3 Å². The highest BCUT2D eigenvalue weighted by molar-refractivity contribution is 6.67. The van der Waals surface area contributed by atoms with Crippen LogP contribution in [0, 0.1) is 0 Å². The predicted molar refractivity (Wildman–Crippen MR) is 83.0 cm³/mol. The number of hydrazone groups is 1. The number of ether oxygens (including phenoxy) is 1. The Bertz CT molecular complexity index is 504. The summed E-state index contributed by atoms with van der Waals surface area (Å²) in [5.41, 5.74) is 4.78. The number of anilines is 1. The van der Waals surface area contributed by atoms with Crippen molar-refractivity contribution in [1.82, 2.24) is 0 Å². The van der Waals surface area contributed by atoms with Gasteiger partial charge in [-0.3, -0.25) is 15.2 Å². The fraction of sp³-hybridized carbons (Fsp3) is 0.400. The van der Waals surface area contributed by atoms with Gasteiger partial charge in [0, 0.05) is 13.5 Å². The highest BCUT2D eigenvalue weighted by Crippen LogP contribution is 2.15. The molecule has 0 radical (unpaired) electrons. The second-order valence-corrected chi connectivity index (χ2v) is 4.10. The molecule has 0 saturated heterocycles. The molecule has 0 unspecified atom stereocenters. The summed E-state index contributed by atoms with van der Waals surface area (Å²) in [5.74, 6) is 0.752. The van der Waals surface area contributed by atoms with Gasteiger partial charge in [0.2, 0.25) is 0 Å². The van der Waals surface area contributed by atoms with E-state index in [2.05, 4.69) is 15.5 Å². The van der Waals surface area contributed by atoms with E-state index in [0.717, 1.165) is 11.4 Å². The molecule has 20 heavy (non-hydrogen) atoms. The SMILES string of the molecule is CCC(=O)/C(=N\Nc1ccc(OC)cc1)C(CC)=NC. The normalized spacial score (nSPS) is 12.2. The minimum atomic E-state index is -0.0199. The number of Topliss-reactive ketones (excluding diaryl/α,β-unsaturated/α-hetero) is 1. The highest BCUT2D eigenvalue weighted by Gasteiger charge is 2.14. The number of benzene rings is 1. The van der Waals surface area contributed by atoms with Crippen molar-refractivity contribution in [1.29, 1.82) is 0 Å². The average Bonchev–Trinajstić information content (AvgIpc) is 2.51. The maximum absolute atomic E-state index is 11.9. The van der Waals surface area contributed by atoms with Crippen molar-refractivity contribution in [3.8, 4) is 5.75 Å². The summed E-state index contributed by atoms with van der Waals surface area (Å²) in [6.45, 7) is 3.77. The lowest BCUT2D eigenvalue weighted by atomic mass is 10.1. The number of rotatable bonds is 7. The zero-order valence-electron chi connectivity index (χ0n) is 12.4. The molecule has 0 atom stereocenters. The first-order valence-electron chi connectivity index (χ1n) is 6.63. The Labute approximate surface area is 119 Å². The summed E-state index contributed by atoms with van der Waals surface area (Å²) < 4.78 is 5.09. The van der Waals surface area contributed by atoms with E-state index >= 15 is 0 Å². The minimum Gasteiger partial charge on any atom is -0.497 e. The standard InChI is InChI=1S/C15H21N3O2/c1-5-13(16-3)15(14(19)6-2)18-17-11-7-9-12(20-4)10-8-11/h7-10,17H,5-6H2,1-4H3/b16-13?,18-15-. The van der Waals surface area contributed by atoms with E-state index in [0.29, 0.717) is 24.3 Å². The smallest absolute Gasteiger partial charge is 0.184 e. The Hall–Kier alpha value is -2.17. The van der Waals surface area contributed by atoms with Crippen LogP contribution in [0.2, 0.25) is 0 Å². The number of hydrogen-bond donors (Lipinski definition) is 1. The van der Waals surface area contributed by atoms with Gasteiger partial charge in [0.25, 0.3) is 0 Å². The van der Waals surface area contributed by atoms with Crippen LogP contribution in [0.1, 0.15) is 26.7 Å². The first-order valence-corrected chi connectivity index (χ1v) is 6.63. The van der Waals surface area contributed by atoms with Crippen molar-refractivity contribution >= 4 is 22.9 Å². The number of aliphatic imine (C=N–C) groups is 1. The first kappa shape index (κ1) is 15.9. The summed E-state index contributed by atoms with van der Waals surface area (Å²) in [6, 6.07) is 7.33. The largest absolute Gasteiger partial charge is 0.497 e. The molecule has 0 aliphatic heterocycles. The molecule has 1 N–H and O–H groups in total. The summed E-state index contributed by atoms with van der Waals surface area (Å²) >= 11 is 0. The van der Waals surface area contributed by atoms with E-state index in [9.17, 15) is 4.79 Å². The molecule has 108 valence electrons. The van der Waals surface area contributed by atoms with Crippen LogP contribution in [0.25, 0.3) is 0 Å². The van der Waals surface area contributed by atoms with Gasteiger partial charge in [-0.2, -0.15) is 5.10 Å². The van der Waals surface area contributed by atoms with Crippen molar-refractivity contribution in [2.24, 2.45) is 10.1 Å². The van der Waals surface area contributed by atoms with Gasteiger partial charge in [-0.25, -0.2) is 0 Å². The third-order valence-electron chi connectivity index (χ3n) is 2.85. The van der Waals surface area contributed by atoms with Crippen LogP contribution in [-0.2, 0) is 4.79 Å². The molecule has 0 amide bonds. The maximum atomic E-state index is 11.9. The summed E-state index contributed by atoms with van der Waals surface area (Å²) in [5, 5.41) is 4.21. The third-order valence-corrected chi connectivity index (χ3v) is 2.85. The van der Waals surface area contributed by atoms with Crippen LogP contribution >= 0.6 is 0 Å². The Morgan fingerprint density at radius 1 is 1.20 bits per heavy atom. The fourth-order valence-corrected chi connectivity index (χ4v) is 1.67. The van der Waals surface area contributed by atoms with E-state index < -0.39 is 0 Å². The van der Waals surface area contributed by atoms with Gasteiger partial charge in [-0.1, -0.05) is 13.8 Å². The number of hydrogen-bond acceptors (Lipinski definition) is 5. The molecule has 1 aromatic rings. The zero-order valence-corrected chi connectivity index (χ0v) is 12.4. The molecule has 0 fully saturated rings. The number of carbonyl (C=O) groups is 1. The van der Waals surface area contributed by atoms with Gasteiger partial charge < -0.3 is 4.74 Å². The lowest BCUT2D eigenvalue weighted by molar-refractivity contribution is -0.112. The second kappa shape index (κ2) is 8.09. The zero-order chi connectivity index (χ0) is 15.0. The van der Waals surface area contributed by atoms with Gasteiger partial charge in [-0.05, 0) is 30.7 Å². The molecule has 0 aromatic heterocycles. The summed E-state index contributed by atoms with van der Waals surface area (Å²) in [4.78, 5) is 16.0. The van der Waals surface area contributed by atoms with E-state index in [1.54, 1.807) is 14.2 Å². The monoisotopic (exact) mass is 275 g/mol. The second-order valence-electron chi connectivity index (χ2n) is 4.10. The van der Waals surface area contributed by atoms with Crippen LogP contribution in [0.15, 0.2) is 34.4 Å². The Morgan fingerprint density at radius 2 is 1.85 bits per heavy atom. The van der Waals surface area contributed by atoms with Crippen LogP contribution in [0.3, 0.4) is 0 Å². The molecular weight excluding hydrogens is 254 g/mol. The molecule has 0 spiro atoms. The molecule has 0 bridgehead atoms. The summed E-state index contributed by atoms with van der Waals surface area (Å²) in [6.07, 6.45) is 1.08. The van der Waals surface area contributed by atoms with Crippen molar-refractivity contribution in [2.75, 3.05) is 19.6 Å². The van der Waals surface area contributed by atoms with Crippen LogP contribution in [0.4, 0.5) is 5.69 Å². The van der Waals surface area contributed by atoms with Crippen LogP contribution < -0.4 is 10.2 Å². The highest BCUT2D eigenvalue weighted by atomic mass is 16.5. The lowest BCUT2D eigenvalue weighted by Gasteiger charge is -2.07. The average molecular weight is 275 g/mol. The predicted octanol–water partition coefficient (Wildman–Crippen LogP) is 2.92. The molecule has 0 saturated carbocycles. The molecule has 0 heterocycles. The van der Waals surface area contributed by atoms with Crippen LogP contribution in [0.5, 0.6) is 5.75 Å². The lowest BCUT2D eigenvalue weighted by Crippen LogP contribution is -2.24. The quantitative estimate of drug-likeness (QED) is 0.614. The Balaban J connectivity index is 2.93. The van der Waals surface area contributed by atoms with Gasteiger partial charge in [0.05, 0.1) is 18.5 Å². The molecule has 5 heteroatoms. The molecule has 0 aliphatic carbocycles. The molecule has 1 rings (SSSR count). The van der Waals surface area contributed by atoms with E-state index in [4.69, 9.17) is 4.74 Å². The van der Waals surface area contributed by atoms with Gasteiger partial charge in [0.15, 0.2) is 5.78 Å². The van der Waals surface area contributed by atoms with E-state index in [1.807, 2.05) is 38.1 Å². The molecule has 0 aliphatic rings. The van der Waals surface area contributed by atoms with Crippen molar-refractivity contribution in [2.45, 2.75) is 26.7 Å². The van der Waals surface area contributed by atoms with Crippen molar-refractivity contribution < 1.29 is 9.53 Å². The number of ketones is 1. The third kappa shape index (κ3) is 4.19. The number of methoxy groups -OCH3 is 1.